The Hall–Kier alpha value is -1.48. The number of halogens is 2. The maximum absolute atomic E-state index is 12.7. The number of benzene rings is 1. The maximum Gasteiger partial charge on any atom is 0.301 e. The van der Waals surface area contributed by atoms with Gasteiger partial charge in [0.15, 0.2) is 0 Å². The fourth-order valence-corrected chi connectivity index (χ4v) is 1.41. The third-order valence-electron chi connectivity index (χ3n) is 1.33. The van der Waals surface area contributed by atoms with Gasteiger partial charge in [0, 0.05) is 0 Å². The van der Waals surface area contributed by atoms with Crippen LogP contribution in [-0.4, -0.2) is 4.92 Å². The number of hydrogen-bond donors (Lipinski definition) is 0. The smallest absolute Gasteiger partial charge is 0.258 e. The Bertz CT molecular complexity index is 414. The van der Waals surface area contributed by atoms with E-state index in [0.717, 1.165) is 12.1 Å². The second-order valence-electron chi connectivity index (χ2n) is 2.15. The highest BCUT2D eigenvalue weighted by molar-refractivity contribution is 9.10. The predicted molar refractivity (Wildman–Crippen MR) is 45.5 cm³/mol. The van der Waals surface area contributed by atoms with Gasteiger partial charge in [-0.05, 0) is 28.1 Å². The van der Waals surface area contributed by atoms with Crippen molar-refractivity contribution in [2.24, 2.45) is 0 Å². The zero-order chi connectivity index (χ0) is 10.0. The number of rotatable bonds is 1. The molecule has 13 heavy (non-hydrogen) atoms. The van der Waals surface area contributed by atoms with Crippen LogP contribution >= 0.6 is 15.9 Å². The molecule has 0 unspecified atom stereocenters. The van der Waals surface area contributed by atoms with Crippen LogP contribution in [0.5, 0.6) is 0 Å². The summed E-state index contributed by atoms with van der Waals surface area (Å²) >= 11 is 2.81. The van der Waals surface area contributed by atoms with E-state index in [1.807, 2.05) is 0 Å². The molecule has 0 aliphatic rings. The molecule has 0 spiro atoms. The van der Waals surface area contributed by atoms with Gasteiger partial charge in [0.25, 0.3) is 0 Å². The molecule has 0 aliphatic carbocycles. The minimum absolute atomic E-state index is 0.0333. The third-order valence-corrected chi connectivity index (χ3v) is 1.94. The first-order valence-electron chi connectivity index (χ1n) is 3.10. The highest BCUT2D eigenvalue weighted by Crippen LogP contribution is 2.29. The Morgan fingerprint density at radius 1 is 1.62 bits per heavy atom. The van der Waals surface area contributed by atoms with Crippen LogP contribution in [0.25, 0.3) is 0 Å². The lowest BCUT2D eigenvalue weighted by atomic mass is 10.2. The van der Waals surface area contributed by atoms with E-state index >= 15 is 0 Å². The Labute approximate surface area is 80.9 Å². The summed E-state index contributed by atoms with van der Waals surface area (Å²) < 4.78 is 12.6. The van der Waals surface area contributed by atoms with Gasteiger partial charge < -0.3 is 0 Å². The summed E-state index contributed by atoms with van der Waals surface area (Å²) in [4.78, 5) is 9.68. The third kappa shape index (κ3) is 1.81. The lowest BCUT2D eigenvalue weighted by molar-refractivity contribution is -0.386. The SMILES string of the molecule is N#Cc1cc(F)cc(Br)c1[N+](=O)[O-]. The molecule has 0 aromatic heterocycles. The molecule has 0 radical (unpaired) electrons. The number of nitrogens with zero attached hydrogens (tertiary/aromatic N) is 2. The first-order valence-corrected chi connectivity index (χ1v) is 3.89. The van der Waals surface area contributed by atoms with Crippen molar-refractivity contribution in [3.8, 4) is 6.07 Å². The molecule has 0 heterocycles. The van der Waals surface area contributed by atoms with Crippen molar-refractivity contribution >= 4 is 21.6 Å². The molecule has 66 valence electrons. The van der Waals surface area contributed by atoms with Crippen LogP contribution in [0.4, 0.5) is 10.1 Å². The quantitative estimate of drug-likeness (QED) is 0.563. The average Bonchev–Trinajstić information content (AvgIpc) is 2.01. The van der Waals surface area contributed by atoms with Gasteiger partial charge >= 0.3 is 5.69 Å². The van der Waals surface area contributed by atoms with Crippen molar-refractivity contribution in [3.05, 3.63) is 38.1 Å². The second kappa shape index (κ2) is 3.49. The van der Waals surface area contributed by atoms with Crippen LogP contribution in [-0.2, 0) is 0 Å². The average molecular weight is 245 g/mol. The molecule has 0 amide bonds. The van der Waals surface area contributed by atoms with Gasteiger partial charge in [-0.2, -0.15) is 5.26 Å². The first-order chi connectivity index (χ1) is 6.06. The highest BCUT2D eigenvalue weighted by atomic mass is 79.9. The van der Waals surface area contributed by atoms with Gasteiger partial charge in [0.2, 0.25) is 0 Å². The minimum atomic E-state index is -0.734. The lowest BCUT2D eigenvalue weighted by Crippen LogP contribution is -1.94. The van der Waals surface area contributed by atoms with E-state index in [-0.39, 0.29) is 10.0 Å². The highest BCUT2D eigenvalue weighted by Gasteiger charge is 2.19. The molecular formula is C7H2BrFN2O2. The van der Waals surface area contributed by atoms with Crippen molar-refractivity contribution in [1.82, 2.24) is 0 Å². The van der Waals surface area contributed by atoms with E-state index < -0.39 is 16.4 Å². The van der Waals surface area contributed by atoms with E-state index in [9.17, 15) is 14.5 Å². The van der Waals surface area contributed by atoms with Crippen LogP contribution in [0.15, 0.2) is 16.6 Å². The van der Waals surface area contributed by atoms with Gasteiger partial charge in [-0.1, -0.05) is 0 Å². The number of hydrogen-bond acceptors (Lipinski definition) is 3. The van der Waals surface area contributed by atoms with Crippen molar-refractivity contribution < 1.29 is 9.31 Å². The zero-order valence-electron chi connectivity index (χ0n) is 6.12. The van der Waals surface area contributed by atoms with Gasteiger partial charge in [-0.3, -0.25) is 10.1 Å². The number of nitro groups is 1. The summed E-state index contributed by atoms with van der Waals surface area (Å²) in [6.45, 7) is 0. The molecule has 1 rings (SSSR count). The van der Waals surface area contributed by atoms with E-state index in [2.05, 4.69) is 15.9 Å². The molecule has 0 aliphatic heterocycles. The van der Waals surface area contributed by atoms with Gasteiger partial charge in [-0.15, -0.1) is 0 Å². The van der Waals surface area contributed by atoms with E-state index in [1.165, 1.54) is 0 Å². The molecule has 0 N–H and O–H groups in total. The fourth-order valence-electron chi connectivity index (χ4n) is 0.837. The molecule has 0 fully saturated rings. The van der Waals surface area contributed by atoms with Crippen LogP contribution in [0.1, 0.15) is 5.56 Å². The summed E-state index contributed by atoms with van der Waals surface area (Å²) in [5.41, 5.74) is -0.708. The van der Waals surface area contributed by atoms with Crippen LogP contribution in [0.3, 0.4) is 0 Å². The van der Waals surface area contributed by atoms with E-state index in [4.69, 9.17) is 5.26 Å². The predicted octanol–water partition coefficient (Wildman–Crippen LogP) is 2.37. The van der Waals surface area contributed by atoms with Crippen molar-refractivity contribution in [2.45, 2.75) is 0 Å². The van der Waals surface area contributed by atoms with Crippen LogP contribution in [0, 0.1) is 27.3 Å². The molecular weight excluding hydrogens is 243 g/mol. The Morgan fingerprint density at radius 3 is 2.69 bits per heavy atom. The molecule has 4 nitrogen and oxygen atoms in total. The summed E-state index contributed by atoms with van der Waals surface area (Å²) in [7, 11) is 0. The molecule has 0 saturated carbocycles. The number of nitro benzene ring substituents is 1. The molecule has 1 aromatic carbocycles. The Balaban J connectivity index is 3.50. The monoisotopic (exact) mass is 244 g/mol. The fraction of sp³-hybridized carbons (Fsp3) is 0. The first kappa shape index (κ1) is 9.61. The zero-order valence-corrected chi connectivity index (χ0v) is 7.71. The Morgan fingerprint density at radius 2 is 2.23 bits per heavy atom. The summed E-state index contributed by atoms with van der Waals surface area (Å²) in [6, 6.07) is 3.31. The largest absolute Gasteiger partial charge is 0.301 e. The number of nitriles is 1. The van der Waals surface area contributed by atoms with Crippen molar-refractivity contribution in [3.63, 3.8) is 0 Å². The van der Waals surface area contributed by atoms with E-state index in [0.29, 0.717) is 0 Å². The molecule has 6 heteroatoms. The second-order valence-corrected chi connectivity index (χ2v) is 3.01. The van der Waals surface area contributed by atoms with Gasteiger partial charge in [0.1, 0.15) is 17.4 Å². The normalized spacial score (nSPS) is 9.31. The standard InChI is InChI=1S/C7H2BrFN2O2/c8-6-2-5(9)1-4(3-10)7(6)11(12)13/h1-2H. The van der Waals surface area contributed by atoms with Crippen LogP contribution < -0.4 is 0 Å². The Kier molecular flexibility index (Phi) is 2.58. The van der Waals surface area contributed by atoms with Crippen LogP contribution in [0.2, 0.25) is 0 Å². The van der Waals surface area contributed by atoms with Gasteiger partial charge in [-0.25, -0.2) is 4.39 Å². The molecule has 1 aromatic rings. The van der Waals surface area contributed by atoms with Crippen molar-refractivity contribution in [1.29, 1.82) is 5.26 Å². The van der Waals surface area contributed by atoms with Gasteiger partial charge in [0.05, 0.1) is 9.40 Å². The molecule has 0 atom stereocenters. The summed E-state index contributed by atoms with van der Waals surface area (Å²) in [5, 5.41) is 18.9. The maximum atomic E-state index is 12.7. The summed E-state index contributed by atoms with van der Waals surface area (Å²) in [5.74, 6) is -0.686. The minimum Gasteiger partial charge on any atom is -0.258 e. The lowest BCUT2D eigenvalue weighted by Gasteiger charge is -1.97. The summed E-state index contributed by atoms with van der Waals surface area (Å²) in [6.07, 6.45) is 0. The van der Waals surface area contributed by atoms with Crippen molar-refractivity contribution in [2.75, 3.05) is 0 Å². The topological polar surface area (TPSA) is 66.9 Å². The molecule has 0 saturated heterocycles. The molecule has 0 bridgehead atoms. The van der Waals surface area contributed by atoms with E-state index in [1.54, 1.807) is 6.07 Å².